The Kier molecular flexibility index (Phi) is 10.4. The Morgan fingerprint density at radius 2 is 1.98 bits per heavy atom. The second-order valence-corrected chi connectivity index (χ2v) is 12.1. The highest BCUT2D eigenvalue weighted by atomic mass is 32.2. The van der Waals surface area contributed by atoms with E-state index in [4.69, 9.17) is 4.74 Å². The zero-order chi connectivity index (χ0) is 29.5. The molecule has 2 aliphatic rings. The molecule has 222 valence electrons. The highest BCUT2D eigenvalue weighted by Crippen LogP contribution is 2.32. The van der Waals surface area contributed by atoms with Crippen LogP contribution in [0.5, 0.6) is 0 Å². The summed E-state index contributed by atoms with van der Waals surface area (Å²) >= 11 is 0. The largest absolute Gasteiger partial charge is 0.416 e. The quantitative estimate of drug-likeness (QED) is 0.308. The van der Waals surface area contributed by atoms with Gasteiger partial charge in [-0.3, -0.25) is 4.79 Å². The summed E-state index contributed by atoms with van der Waals surface area (Å²) in [6.45, 7) is 2.09. The fraction of sp³-hybridized carbons (Fsp3) is 0.433. The Hall–Kier alpha value is -2.99. The number of hydrogen-bond acceptors (Lipinski definition) is 5. The molecule has 1 amide bonds. The van der Waals surface area contributed by atoms with Crippen LogP contribution in [0.3, 0.4) is 0 Å². The van der Waals surface area contributed by atoms with Crippen LogP contribution in [0.25, 0.3) is 0 Å². The summed E-state index contributed by atoms with van der Waals surface area (Å²) in [6.07, 6.45) is 5.51. The lowest BCUT2D eigenvalue weighted by atomic mass is 9.86. The molecule has 41 heavy (non-hydrogen) atoms. The molecule has 0 spiro atoms. The summed E-state index contributed by atoms with van der Waals surface area (Å²) in [4.78, 5) is 12.8. The van der Waals surface area contributed by atoms with Crippen molar-refractivity contribution in [2.24, 2.45) is 5.92 Å². The lowest BCUT2D eigenvalue weighted by molar-refractivity contribution is -0.137. The van der Waals surface area contributed by atoms with Crippen LogP contribution in [-0.4, -0.2) is 40.6 Å². The van der Waals surface area contributed by atoms with Gasteiger partial charge in [-0.25, -0.2) is 13.1 Å². The summed E-state index contributed by atoms with van der Waals surface area (Å²) < 4.78 is 73.6. The highest BCUT2D eigenvalue weighted by Gasteiger charge is 2.33. The molecule has 3 atom stereocenters. The second kappa shape index (κ2) is 13.8. The molecule has 11 heteroatoms. The van der Waals surface area contributed by atoms with Crippen LogP contribution in [0.4, 0.5) is 13.2 Å². The van der Waals surface area contributed by atoms with Gasteiger partial charge in [0, 0.05) is 32.7 Å². The van der Waals surface area contributed by atoms with E-state index in [0.29, 0.717) is 25.6 Å². The second-order valence-electron chi connectivity index (χ2n) is 10.4. The Labute approximate surface area is 239 Å². The number of amides is 1. The number of hydrogen-bond donors (Lipinski definition) is 3. The maximum absolute atomic E-state index is 13.3. The van der Waals surface area contributed by atoms with E-state index in [9.17, 15) is 26.4 Å². The molecule has 2 aliphatic carbocycles. The minimum Gasteiger partial charge on any atom is -0.383 e. The van der Waals surface area contributed by atoms with E-state index >= 15 is 0 Å². The van der Waals surface area contributed by atoms with Crippen molar-refractivity contribution >= 4 is 15.9 Å². The summed E-state index contributed by atoms with van der Waals surface area (Å²) in [7, 11) is -2.68. The number of halogens is 3. The monoisotopic (exact) mass is 591 g/mol. The summed E-state index contributed by atoms with van der Waals surface area (Å²) in [5, 5.41) is 6.41. The van der Waals surface area contributed by atoms with Gasteiger partial charge >= 0.3 is 6.18 Å². The molecule has 0 saturated carbocycles. The van der Waals surface area contributed by atoms with Crippen molar-refractivity contribution in [2.75, 3.05) is 20.3 Å². The average molecular weight is 592 g/mol. The molecule has 0 bridgehead atoms. The van der Waals surface area contributed by atoms with Gasteiger partial charge in [-0.1, -0.05) is 48.6 Å². The van der Waals surface area contributed by atoms with Gasteiger partial charge in [0.2, 0.25) is 15.9 Å². The smallest absolute Gasteiger partial charge is 0.383 e. The molecule has 0 radical (unpaired) electrons. The molecule has 2 aromatic rings. The molecule has 0 aromatic heterocycles. The van der Waals surface area contributed by atoms with Crippen molar-refractivity contribution < 1.29 is 31.1 Å². The number of carbonyl (C=O) groups excluding carboxylic acids is 1. The number of sulfonamides is 1. The normalized spacial score (nSPS) is 19.5. The van der Waals surface area contributed by atoms with Gasteiger partial charge in [-0.05, 0) is 66.5 Å². The van der Waals surface area contributed by atoms with Gasteiger partial charge in [0.15, 0.2) is 0 Å². The third-order valence-corrected chi connectivity index (χ3v) is 8.87. The van der Waals surface area contributed by atoms with Gasteiger partial charge < -0.3 is 15.4 Å². The maximum Gasteiger partial charge on any atom is 0.416 e. The van der Waals surface area contributed by atoms with E-state index in [-0.39, 0.29) is 24.3 Å². The van der Waals surface area contributed by atoms with Crippen molar-refractivity contribution in [1.82, 2.24) is 15.4 Å². The number of nitrogens with one attached hydrogen (secondary N) is 3. The molecule has 4 rings (SSSR count). The number of aryl methyl sites for hydroxylation is 1. The first-order valence-corrected chi connectivity index (χ1v) is 15.2. The van der Waals surface area contributed by atoms with Crippen LogP contribution >= 0.6 is 0 Å². The Morgan fingerprint density at radius 1 is 1.15 bits per heavy atom. The van der Waals surface area contributed by atoms with Gasteiger partial charge in [0.25, 0.3) is 0 Å². The number of alkyl halides is 3. The Bertz CT molecular complexity index is 1380. The number of allylic oxidation sites excluding steroid dienone is 3. The predicted octanol–water partition coefficient (Wildman–Crippen LogP) is 4.80. The first-order valence-electron chi connectivity index (χ1n) is 13.7. The van der Waals surface area contributed by atoms with Crippen molar-refractivity contribution in [3.05, 3.63) is 89.0 Å². The molecule has 0 aliphatic heterocycles. The van der Waals surface area contributed by atoms with Gasteiger partial charge in [0.05, 0.1) is 23.1 Å². The van der Waals surface area contributed by atoms with Crippen LogP contribution in [0.15, 0.2) is 71.7 Å². The SMILES string of the molecule is COCCNCc1ccc2c(c1)CCC[C@H]2NC(=O)C[C@@H](NS(=O)(=O)c1cccc(C(F)(F)F)c1)C1C=CC=CC1. The summed E-state index contributed by atoms with van der Waals surface area (Å²) in [5.74, 6) is -0.661. The van der Waals surface area contributed by atoms with E-state index < -0.39 is 32.7 Å². The third-order valence-electron chi connectivity index (χ3n) is 7.38. The molecule has 2 aromatic carbocycles. The number of carbonyl (C=O) groups is 1. The molecule has 1 unspecified atom stereocenters. The maximum atomic E-state index is 13.3. The lowest BCUT2D eigenvalue weighted by Crippen LogP contribution is -2.44. The molecule has 0 heterocycles. The van der Waals surface area contributed by atoms with Gasteiger partial charge in [-0.2, -0.15) is 13.2 Å². The molecule has 3 N–H and O–H groups in total. The van der Waals surface area contributed by atoms with E-state index in [1.165, 1.54) is 5.56 Å². The lowest BCUT2D eigenvalue weighted by Gasteiger charge is -2.29. The third kappa shape index (κ3) is 8.51. The van der Waals surface area contributed by atoms with Crippen LogP contribution in [0.1, 0.15) is 54.0 Å². The standard InChI is InChI=1S/C30H36F3N3O4S/c1-40-16-15-34-20-21-13-14-26-23(17-21)9-5-12-27(26)35-29(37)19-28(22-7-3-2-4-8-22)36-41(38,39)25-11-6-10-24(18-25)30(31,32)33/h2-4,6-7,10-11,13-14,17-18,22,27-28,34,36H,5,8-9,12,15-16,19-20H2,1H3,(H,35,37)/t22?,27-,28-/m1/s1. The minimum absolute atomic E-state index is 0.158. The van der Waals surface area contributed by atoms with Crippen molar-refractivity contribution in [3.8, 4) is 0 Å². The zero-order valence-electron chi connectivity index (χ0n) is 22.9. The summed E-state index contributed by atoms with van der Waals surface area (Å²) in [6, 6.07) is 8.78. The van der Waals surface area contributed by atoms with E-state index in [1.54, 1.807) is 13.2 Å². The van der Waals surface area contributed by atoms with Crippen LogP contribution in [0.2, 0.25) is 0 Å². The molecule has 0 saturated heterocycles. The number of fused-ring (bicyclic) bond motifs is 1. The minimum atomic E-state index is -4.68. The Morgan fingerprint density at radius 3 is 2.71 bits per heavy atom. The average Bonchev–Trinajstić information content (AvgIpc) is 2.95. The number of methoxy groups -OCH3 is 1. The van der Waals surface area contributed by atoms with Gasteiger partial charge in [0.1, 0.15) is 0 Å². The molecule has 0 fully saturated rings. The Balaban J connectivity index is 1.47. The first kappa shape index (κ1) is 31.0. The molecular weight excluding hydrogens is 555 g/mol. The van der Waals surface area contributed by atoms with E-state index in [1.807, 2.05) is 30.4 Å². The van der Waals surface area contributed by atoms with Crippen LogP contribution in [0, 0.1) is 5.92 Å². The molecule has 7 nitrogen and oxygen atoms in total. The topological polar surface area (TPSA) is 96.5 Å². The molecular formula is C30H36F3N3O4S. The van der Waals surface area contributed by atoms with Gasteiger partial charge in [-0.15, -0.1) is 0 Å². The van der Waals surface area contributed by atoms with Crippen molar-refractivity contribution in [3.63, 3.8) is 0 Å². The predicted molar refractivity (Wildman–Crippen MR) is 150 cm³/mol. The highest BCUT2D eigenvalue weighted by molar-refractivity contribution is 7.89. The van der Waals surface area contributed by atoms with Crippen LogP contribution < -0.4 is 15.4 Å². The number of benzene rings is 2. The zero-order valence-corrected chi connectivity index (χ0v) is 23.7. The number of ether oxygens (including phenoxy) is 1. The fourth-order valence-electron chi connectivity index (χ4n) is 5.27. The van der Waals surface area contributed by atoms with Crippen molar-refractivity contribution in [1.29, 1.82) is 0 Å². The van der Waals surface area contributed by atoms with Crippen LogP contribution in [-0.2, 0) is 38.7 Å². The first-order chi connectivity index (χ1) is 19.6. The fourth-order valence-corrected chi connectivity index (χ4v) is 6.61. The van der Waals surface area contributed by atoms with Crippen molar-refractivity contribution in [2.45, 2.75) is 61.8 Å². The summed E-state index contributed by atoms with van der Waals surface area (Å²) in [5.41, 5.74) is 2.31. The van der Waals surface area contributed by atoms with E-state index in [0.717, 1.165) is 55.1 Å². The van der Waals surface area contributed by atoms with E-state index in [2.05, 4.69) is 21.4 Å². The number of rotatable bonds is 12.